The zero-order valence-electron chi connectivity index (χ0n) is 21.7. The summed E-state index contributed by atoms with van der Waals surface area (Å²) >= 11 is 0. The molecule has 0 aromatic heterocycles. The van der Waals surface area contributed by atoms with E-state index < -0.39 is 9.84 Å². The monoisotopic (exact) mass is 535 g/mol. The number of nitrogens with two attached hydrogens (primary N) is 1. The lowest BCUT2D eigenvalue weighted by molar-refractivity contribution is -0.131. The van der Waals surface area contributed by atoms with Crippen LogP contribution in [-0.4, -0.2) is 70.3 Å². The highest BCUT2D eigenvalue weighted by Gasteiger charge is 2.27. The third kappa shape index (κ3) is 6.86. The maximum atomic E-state index is 13.8. The number of nitrogens with zero attached hydrogens (tertiary/aromatic N) is 2. The first-order chi connectivity index (χ1) is 18.1. The van der Waals surface area contributed by atoms with Crippen LogP contribution in [0.4, 0.5) is 5.69 Å². The molecule has 1 saturated heterocycles. The molecular formula is C29H33N3O5S. The highest BCUT2D eigenvalue weighted by atomic mass is 32.2. The van der Waals surface area contributed by atoms with E-state index in [0.29, 0.717) is 37.6 Å². The lowest BCUT2D eigenvalue weighted by Crippen LogP contribution is -2.47. The number of rotatable bonds is 7. The van der Waals surface area contributed by atoms with E-state index in [-0.39, 0.29) is 35.7 Å². The number of amides is 2. The van der Waals surface area contributed by atoms with Gasteiger partial charge in [-0.05, 0) is 36.2 Å². The summed E-state index contributed by atoms with van der Waals surface area (Å²) in [6, 6.07) is 21.5. The minimum Gasteiger partial charge on any atom is -0.378 e. The zero-order chi connectivity index (χ0) is 27.3. The van der Waals surface area contributed by atoms with Crippen molar-refractivity contribution in [3.8, 4) is 11.1 Å². The predicted octanol–water partition coefficient (Wildman–Crippen LogP) is 2.83. The smallest absolute Gasteiger partial charge is 0.242 e. The Morgan fingerprint density at radius 3 is 2.50 bits per heavy atom. The van der Waals surface area contributed by atoms with E-state index in [2.05, 4.69) is 0 Å². The number of carbonyl (C=O) groups excluding carboxylic acids is 2. The van der Waals surface area contributed by atoms with Crippen LogP contribution in [0.1, 0.15) is 11.1 Å². The van der Waals surface area contributed by atoms with Crippen molar-refractivity contribution in [2.75, 3.05) is 44.0 Å². The average molecular weight is 536 g/mol. The van der Waals surface area contributed by atoms with Crippen LogP contribution < -0.4 is 10.6 Å². The lowest BCUT2D eigenvalue weighted by Gasteiger charge is -2.29. The number of anilines is 1. The molecule has 0 spiro atoms. The molecule has 200 valence electrons. The van der Waals surface area contributed by atoms with E-state index in [1.54, 1.807) is 17.0 Å². The van der Waals surface area contributed by atoms with Gasteiger partial charge in [-0.25, -0.2) is 8.42 Å². The predicted molar refractivity (Wildman–Crippen MR) is 148 cm³/mol. The Balaban J connectivity index is 1.68. The molecule has 0 radical (unpaired) electrons. The van der Waals surface area contributed by atoms with E-state index >= 15 is 0 Å². The van der Waals surface area contributed by atoms with Gasteiger partial charge in [0.2, 0.25) is 11.8 Å². The SMILES string of the molecule is Cc1cccc(-c2ccccc2N(CC(=O)N2CCOCC(N)C2)C(=O)Cc2ccc(S(C)(=O)=O)cc2)c1. The first kappa shape index (κ1) is 27.5. The van der Waals surface area contributed by atoms with Crippen LogP contribution in [0.5, 0.6) is 0 Å². The molecule has 1 heterocycles. The molecule has 0 aliphatic carbocycles. The quantitative estimate of drug-likeness (QED) is 0.498. The van der Waals surface area contributed by atoms with Gasteiger partial charge < -0.3 is 20.3 Å². The Morgan fingerprint density at radius 2 is 1.79 bits per heavy atom. The van der Waals surface area contributed by atoms with Crippen LogP contribution in [-0.2, 0) is 30.6 Å². The summed E-state index contributed by atoms with van der Waals surface area (Å²) in [5.74, 6) is -0.494. The number of benzene rings is 3. The molecule has 1 atom stereocenters. The molecule has 4 rings (SSSR count). The summed E-state index contributed by atoms with van der Waals surface area (Å²) < 4.78 is 29.2. The van der Waals surface area contributed by atoms with Crippen LogP contribution in [0.2, 0.25) is 0 Å². The first-order valence-corrected chi connectivity index (χ1v) is 14.4. The molecule has 1 fully saturated rings. The van der Waals surface area contributed by atoms with E-state index in [1.807, 2.05) is 55.5 Å². The Morgan fingerprint density at radius 1 is 1.05 bits per heavy atom. The molecule has 2 amide bonds. The van der Waals surface area contributed by atoms with Crippen LogP contribution >= 0.6 is 0 Å². The van der Waals surface area contributed by atoms with Crippen molar-refractivity contribution in [1.29, 1.82) is 0 Å². The fourth-order valence-corrected chi connectivity index (χ4v) is 5.13. The number of hydrogen-bond donors (Lipinski definition) is 1. The molecule has 1 aliphatic heterocycles. The highest BCUT2D eigenvalue weighted by molar-refractivity contribution is 7.90. The molecule has 2 N–H and O–H groups in total. The largest absolute Gasteiger partial charge is 0.378 e. The van der Waals surface area contributed by atoms with Crippen LogP contribution in [0.3, 0.4) is 0 Å². The number of hydrogen-bond acceptors (Lipinski definition) is 6. The van der Waals surface area contributed by atoms with Crippen molar-refractivity contribution >= 4 is 27.3 Å². The first-order valence-electron chi connectivity index (χ1n) is 12.5. The van der Waals surface area contributed by atoms with Gasteiger partial charge in [-0.15, -0.1) is 0 Å². The summed E-state index contributed by atoms with van der Waals surface area (Å²) in [5.41, 5.74) is 10.2. The number of carbonyl (C=O) groups is 2. The summed E-state index contributed by atoms with van der Waals surface area (Å²) in [7, 11) is -3.35. The van der Waals surface area contributed by atoms with E-state index in [0.717, 1.165) is 22.9 Å². The number of ether oxygens (including phenoxy) is 1. The molecular weight excluding hydrogens is 502 g/mol. The van der Waals surface area contributed by atoms with Gasteiger partial charge >= 0.3 is 0 Å². The number of aryl methyl sites for hydroxylation is 1. The van der Waals surface area contributed by atoms with Crippen molar-refractivity contribution in [2.24, 2.45) is 5.73 Å². The highest BCUT2D eigenvalue weighted by Crippen LogP contribution is 2.32. The number of para-hydroxylation sites is 1. The van der Waals surface area contributed by atoms with Crippen LogP contribution in [0.15, 0.2) is 77.7 Å². The van der Waals surface area contributed by atoms with Gasteiger partial charge in [-0.1, -0.05) is 60.2 Å². The number of sulfone groups is 1. The topological polar surface area (TPSA) is 110 Å². The fraction of sp³-hybridized carbons (Fsp3) is 0.310. The standard InChI is InChI=1S/C29H33N3O5S/c1-21-6-5-7-23(16-21)26-8-3-4-9-27(26)32(19-29(34)31-14-15-37-20-24(30)18-31)28(33)17-22-10-12-25(13-11-22)38(2,35)36/h3-13,16,24H,14-15,17-20,30H2,1-2H3. The fourth-order valence-electron chi connectivity index (χ4n) is 4.50. The van der Waals surface area contributed by atoms with Gasteiger partial charge in [-0.3, -0.25) is 9.59 Å². The second-order valence-electron chi connectivity index (χ2n) is 9.63. The third-order valence-electron chi connectivity index (χ3n) is 6.47. The molecule has 38 heavy (non-hydrogen) atoms. The Hall–Kier alpha value is -3.53. The normalized spacial score (nSPS) is 16.1. The second-order valence-corrected chi connectivity index (χ2v) is 11.6. The third-order valence-corrected chi connectivity index (χ3v) is 7.60. The second kappa shape index (κ2) is 11.9. The molecule has 0 bridgehead atoms. The maximum absolute atomic E-state index is 13.8. The minimum absolute atomic E-state index is 0.00208. The molecule has 1 unspecified atom stereocenters. The van der Waals surface area contributed by atoms with Crippen molar-refractivity contribution < 1.29 is 22.7 Å². The summed E-state index contributed by atoms with van der Waals surface area (Å²) in [6.45, 7) is 3.37. The Labute approximate surface area is 223 Å². The summed E-state index contributed by atoms with van der Waals surface area (Å²) in [6.07, 6.45) is 1.14. The summed E-state index contributed by atoms with van der Waals surface area (Å²) in [4.78, 5) is 30.6. The van der Waals surface area contributed by atoms with Crippen molar-refractivity contribution in [3.63, 3.8) is 0 Å². The van der Waals surface area contributed by atoms with Crippen molar-refractivity contribution in [1.82, 2.24) is 4.90 Å². The molecule has 3 aromatic rings. The summed E-state index contributed by atoms with van der Waals surface area (Å²) in [5, 5.41) is 0. The maximum Gasteiger partial charge on any atom is 0.242 e. The van der Waals surface area contributed by atoms with Gasteiger partial charge in [0.1, 0.15) is 6.54 Å². The minimum atomic E-state index is -3.35. The van der Waals surface area contributed by atoms with Gasteiger partial charge in [0, 0.05) is 31.0 Å². The molecule has 0 saturated carbocycles. The van der Waals surface area contributed by atoms with E-state index in [9.17, 15) is 18.0 Å². The van der Waals surface area contributed by atoms with Gasteiger partial charge in [0.15, 0.2) is 9.84 Å². The van der Waals surface area contributed by atoms with Gasteiger partial charge in [-0.2, -0.15) is 0 Å². The van der Waals surface area contributed by atoms with Crippen molar-refractivity contribution in [3.05, 3.63) is 83.9 Å². The molecule has 3 aromatic carbocycles. The molecule has 1 aliphatic rings. The van der Waals surface area contributed by atoms with E-state index in [4.69, 9.17) is 10.5 Å². The van der Waals surface area contributed by atoms with Crippen LogP contribution in [0.25, 0.3) is 11.1 Å². The lowest BCUT2D eigenvalue weighted by atomic mass is 10.0. The average Bonchev–Trinajstić information content (AvgIpc) is 3.11. The Bertz CT molecular complexity index is 1410. The van der Waals surface area contributed by atoms with Gasteiger partial charge in [0.05, 0.1) is 30.2 Å². The van der Waals surface area contributed by atoms with E-state index in [1.165, 1.54) is 17.0 Å². The molecule has 9 heteroatoms. The van der Waals surface area contributed by atoms with Crippen molar-refractivity contribution in [2.45, 2.75) is 24.3 Å². The van der Waals surface area contributed by atoms with Gasteiger partial charge in [0.25, 0.3) is 0 Å². The molecule has 8 nitrogen and oxygen atoms in total. The zero-order valence-corrected chi connectivity index (χ0v) is 22.5. The van der Waals surface area contributed by atoms with Crippen LogP contribution in [0, 0.1) is 6.92 Å². The Kier molecular flexibility index (Phi) is 8.61.